The SMILES string of the molecule is CC[C@H]1[C@@H](OCOC)C2C3CC[C@H]([C@H](C)CCC(N)=O)[C@@]3(C)CCC2[C@@]2(C)CC[C@@H](OCOC)C[C@@H]12. The summed E-state index contributed by atoms with van der Waals surface area (Å²) >= 11 is 0. The van der Waals surface area contributed by atoms with Gasteiger partial charge in [-0.05, 0) is 104 Å². The van der Waals surface area contributed by atoms with Gasteiger partial charge in [0.15, 0.2) is 0 Å². The average Bonchev–Trinajstić information content (AvgIpc) is 3.21. The van der Waals surface area contributed by atoms with Crippen LogP contribution in [-0.4, -0.2) is 45.9 Å². The Morgan fingerprint density at radius 1 is 0.944 bits per heavy atom. The molecule has 11 atom stereocenters. The molecule has 6 heteroatoms. The lowest BCUT2D eigenvalue weighted by molar-refractivity contribution is -0.239. The maximum atomic E-state index is 11.5. The number of fused-ring (bicyclic) bond motifs is 5. The highest BCUT2D eigenvalue weighted by Crippen LogP contribution is 2.70. The number of methoxy groups -OCH3 is 2. The number of nitrogens with two attached hydrogens (primary N) is 1. The van der Waals surface area contributed by atoms with Crippen LogP contribution in [0.15, 0.2) is 0 Å². The van der Waals surface area contributed by atoms with E-state index in [0.29, 0.717) is 72.3 Å². The first-order valence-electron chi connectivity index (χ1n) is 14.7. The minimum Gasteiger partial charge on any atom is -0.370 e. The summed E-state index contributed by atoms with van der Waals surface area (Å²) in [6, 6.07) is 0. The highest BCUT2D eigenvalue weighted by atomic mass is 16.7. The van der Waals surface area contributed by atoms with Gasteiger partial charge in [-0.3, -0.25) is 4.79 Å². The van der Waals surface area contributed by atoms with Crippen molar-refractivity contribution < 1.29 is 23.7 Å². The van der Waals surface area contributed by atoms with E-state index in [4.69, 9.17) is 24.7 Å². The lowest BCUT2D eigenvalue weighted by Gasteiger charge is -2.65. The van der Waals surface area contributed by atoms with Gasteiger partial charge in [-0.2, -0.15) is 0 Å². The molecule has 0 radical (unpaired) electrons. The minimum atomic E-state index is -0.166. The van der Waals surface area contributed by atoms with E-state index < -0.39 is 0 Å². The van der Waals surface area contributed by atoms with Crippen molar-refractivity contribution in [2.24, 2.45) is 58.0 Å². The lowest BCUT2D eigenvalue weighted by Crippen LogP contribution is -2.63. The number of hydrogen-bond acceptors (Lipinski definition) is 5. The third-order valence-corrected chi connectivity index (χ3v) is 11.7. The van der Waals surface area contributed by atoms with E-state index >= 15 is 0 Å². The first-order chi connectivity index (χ1) is 17.2. The molecule has 0 aromatic heterocycles. The van der Waals surface area contributed by atoms with Gasteiger partial charge in [-0.15, -0.1) is 0 Å². The van der Waals surface area contributed by atoms with Crippen LogP contribution in [0.25, 0.3) is 0 Å². The van der Waals surface area contributed by atoms with Gasteiger partial charge in [-0.1, -0.05) is 34.1 Å². The predicted molar refractivity (Wildman–Crippen MR) is 141 cm³/mol. The number of carbonyl (C=O) groups is 1. The van der Waals surface area contributed by atoms with E-state index in [9.17, 15) is 4.79 Å². The van der Waals surface area contributed by atoms with Crippen molar-refractivity contribution in [1.29, 1.82) is 0 Å². The quantitative estimate of drug-likeness (QED) is 0.359. The monoisotopic (exact) mass is 507 g/mol. The zero-order valence-corrected chi connectivity index (χ0v) is 23.8. The molecule has 2 N–H and O–H groups in total. The van der Waals surface area contributed by atoms with Crippen LogP contribution >= 0.6 is 0 Å². The number of primary amides is 1. The molecule has 208 valence electrons. The Labute approximate surface area is 219 Å². The van der Waals surface area contributed by atoms with Crippen molar-refractivity contribution >= 4 is 5.91 Å². The van der Waals surface area contributed by atoms with Gasteiger partial charge in [0.05, 0.1) is 12.2 Å². The summed E-state index contributed by atoms with van der Waals surface area (Å²) in [5.74, 6) is 4.10. The van der Waals surface area contributed by atoms with Crippen LogP contribution in [0.1, 0.15) is 91.9 Å². The van der Waals surface area contributed by atoms with Gasteiger partial charge in [0, 0.05) is 20.6 Å². The second-order valence-electron chi connectivity index (χ2n) is 13.2. The molecule has 3 unspecified atom stereocenters. The standard InChI is InChI=1S/C30H53NO5/c1-7-21-25-16-20(35-17-33-5)12-14-30(25,4)24-13-15-29(3)22(19(2)8-11-26(31)32)9-10-23(29)27(24)28(21)36-18-34-6/h19-25,27-28H,7-18H2,1-6H3,(H2,31,32)/t19-,20-,21-,22-,23?,24?,25+,27?,28-,29-,30-/m1/s1. The number of hydrogen-bond donors (Lipinski definition) is 1. The molecule has 0 aromatic carbocycles. The van der Waals surface area contributed by atoms with E-state index in [-0.39, 0.29) is 18.1 Å². The molecular weight excluding hydrogens is 454 g/mol. The van der Waals surface area contributed by atoms with E-state index in [1.165, 1.54) is 32.1 Å². The fraction of sp³-hybridized carbons (Fsp3) is 0.967. The molecule has 4 aliphatic carbocycles. The summed E-state index contributed by atoms with van der Waals surface area (Å²) in [6.07, 6.45) is 11.7. The van der Waals surface area contributed by atoms with Crippen LogP contribution in [0.4, 0.5) is 0 Å². The maximum Gasteiger partial charge on any atom is 0.217 e. The van der Waals surface area contributed by atoms with Crippen LogP contribution < -0.4 is 5.73 Å². The highest BCUT2D eigenvalue weighted by Gasteiger charge is 2.65. The van der Waals surface area contributed by atoms with Crippen LogP contribution in [-0.2, 0) is 23.7 Å². The smallest absolute Gasteiger partial charge is 0.217 e. The number of ether oxygens (including phenoxy) is 4. The molecular formula is C30H53NO5. The predicted octanol–water partition coefficient (Wildman–Crippen LogP) is 5.77. The molecule has 6 nitrogen and oxygen atoms in total. The molecule has 4 aliphatic rings. The van der Waals surface area contributed by atoms with Gasteiger partial charge in [0.25, 0.3) is 0 Å². The van der Waals surface area contributed by atoms with Crippen molar-refractivity contribution in [3.8, 4) is 0 Å². The van der Waals surface area contributed by atoms with E-state index in [0.717, 1.165) is 25.7 Å². The van der Waals surface area contributed by atoms with E-state index in [1.807, 2.05) is 0 Å². The molecule has 1 amide bonds. The highest BCUT2D eigenvalue weighted by molar-refractivity contribution is 5.73. The fourth-order valence-electron chi connectivity index (χ4n) is 10.1. The average molecular weight is 508 g/mol. The molecule has 4 saturated carbocycles. The van der Waals surface area contributed by atoms with Crippen LogP contribution in [0, 0.1) is 52.3 Å². The number of carbonyl (C=O) groups excluding carboxylic acids is 1. The summed E-state index contributed by atoms with van der Waals surface area (Å²) in [5.41, 5.74) is 6.17. The number of amides is 1. The summed E-state index contributed by atoms with van der Waals surface area (Å²) in [6.45, 7) is 10.7. The van der Waals surface area contributed by atoms with Crippen molar-refractivity contribution in [3.05, 3.63) is 0 Å². The first kappa shape index (κ1) is 28.3. The molecule has 0 spiro atoms. The Morgan fingerprint density at radius 2 is 1.61 bits per heavy atom. The van der Waals surface area contributed by atoms with Crippen LogP contribution in [0.3, 0.4) is 0 Å². The van der Waals surface area contributed by atoms with Gasteiger partial charge < -0.3 is 24.7 Å². The van der Waals surface area contributed by atoms with Gasteiger partial charge in [-0.25, -0.2) is 0 Å². The van der Waals surface area contributed by atoms with Crippen molar-refractivity contribution in [1.82, 2.24) is 0 Å². The Bertz CT molecular complexity index is 747. The van der Waals surface area contributed by atoms with Gasteiger partial charge >= 0.3 is 0 Å². The second-order valence-corrected chi connectivity index (χ2v) is 13.2. The van der Waals surface area contributed by atoms with Crippen molar-refractivity contribution in [2.45, 2.75) is 104 Å². The normalized spacial score (nSPS) is 44.9. The second kappa shape index (κ2) is 11.6. The molecule has 4 rings (SSSR count). The Balaban J connectivity index is 1.63. The lowest BCUT2D eigenvalue weighted by atomic mass is 9.41. The van der Waals surface area contributed by atoms with E-state index in [1.54, 1.807) is 14.2 Å². The third-order valence-electron chi connectivity index (χ3n) is 11.7. The zero-order valence-electron chi connectivity index (χ0n) is 23.8. The molecule has 0 bridgehead atoms. The topological polar surface area (TPSA) is 80.0 Å². The zero-order chi connectivity index (χ0) is 26.1. The fourth-order valence-corrected chi connectivity index (χ4v) is 10.1. The summed E-state index contributed by atoms with van der Waals surface area (Å²) < 4.78 is 23.6. The van der Waals surface area contributed by atoms with Crippen molar-refractivity contribution in [2.75, 3.05) is 27.8 Å². The minimum absolute atomic E-state index is 0.166. The molecule has 36 heavy (non-hydrogen) atoms. The van der Waals surface area contributed by atoms with Crippen LogP contribution in [0.2, 0.25) is 0 Å². The summed E-state index contributed by atoms with van der Waals surface area (Å²) in [7, 11) is 3.46. The maximum absolute atomic E-state index is 11.5. The largest absolute Gasteiger partial charge is 0.370 e. The number of rotatable bonds is 11. The third kappa shape index (κ3) is 5.01. The molecule has 0 saturated heterocycles. The first-order valence-corrected chi connectivity index (χ1v) is 14.7. The molecule has 0 aliphatic heterocycles. The van der Waals surface area contributed by atoms with Crippen molar-refractivity contribution in [3.63, 3.8) is 0 Å². The van der Waals surface area contributed by atoms with Gasteiger partial charge in [0.2, 0.25) is 5.91 Å². The Kier molecular flexibility index (Phi) is 9.12. The molecule has 4 fully saturated rings. The summed E-state index contributed by atoms with van der Waals surface area (Å²) in [5, 5.41) is 0. The van der Waals surface area contributed by atoms with Crippen LogP contribution in [0.5, 0.6) is 0 Å². The Morgan fingerprint density at radius 3 is 2.28 bits per heavy atom. The Hall–Kier alpha value is -0.690. The van der Waals surface area contributed by atoms with E-state index in [2.05, 4.69) is 27.7 Å². The van der Waals surface area contributed by atoms with Gasteiger partial charge in [0.1, 0.15) is 13.6 Å². The summed E-state index contributed by atoms with van der Waals surface area (Å²) in [4.78, 5) is 11.5. The molecule has 0 aromatic rings. The molecule has 0 heterocycles.